The molecule has 7 heteroatoms. The summed E-state index contributed by atoms with van der Waals surface area (Å²) in [5.41, 5.74) is 2.24. The lowest BCUT2D eigenvalue weighted by molar-refractivity contribution is 0.0600. The molecule has 5 nitrogen and oxygen atoms in total. The van der Waals surface area contributed by atoms with Gasteiger partial charge in [-0.2, -0.15) is 0 Å². The SMILES string of the molecule is CCc1cc2c(NCc3ccc(F)cc3)nc(-c3ccc(C(=O)OC)cc3)nc2s1. The van der Waals surface area contributed by atoms with E-state index in [4.69, 9.17) is 14.7 Å². The number of ether oxygens (including phenoxy) is 1. The van der Waals surface area contributed by atoms with Gasteiger partial charge in [0.1, 0.15) is 16.5 Å². The predicted molar refractivity (Wildman–Crippen MR) is 117 cm³/mol. The Bertz CT molecular complexity index is 1190. The number of esters is 1. The van der Waals surface area contributed by atoms with Crippen LogP contribution in [-0.2, 0) is 17.7 Å². The largest absolute Gasteiger partial charge is 0.465 e. The van der Waals surface area contributed by atoms with Crippen LogP contribution in [0.5, 0.6) is 0 Å². The van der Waals surface area contributed by atoms with Crippen LogP contribution in [0.3, 0.4) is 0 Å². The predicted octanol–water partition coefficient (Wildman–Crippen LogP) is 5.46. The van der Waals surface area contributed by atoms with Gasteiger partial charge in [0.25, 0.3) is 0 Å². The Morgan fingerprint density at radius 2 is 1.83 bits per heavy atom. The lowest BCUT2D eigenvalue weighted by Crippen LogP contribution is -2.04. The molecule has 0 aliphatic heterocycles. The highest BCUT2D eigenvalue weighted by Crippen LogP contribution is 2.32. The molecule has 2 aromatic heterocycles. The molecule has 0 amide bonds. The molecule has 30 heavy (non-hydrogen) atoms. The number of methoxy groups -OCH3 is 1. The zero-order chi connectivity index (χ0) is 21.1. The fourth-order valence-electron chi connectivity index (χ4n) is 3.07. The van der Waals surface area contributed by atoms with Gasteiger partial charge in [-0.15, -0.1) is 11.3 Å². The van der Waals surface area contributed by atoms with Gasteiger partial charge in [-0.05, 0) is 42.3 Å². The van der Waals surface area contributed by atoms with Crippen molar-refractivity contribution in [1.29, 1.82) is 0 Å². The van der Waals surface area contributed by atoms with Gasteiger partial charge in [-0.3, -0.25) is 0 Å². The first kappa shape index (κ1) is 20.0. The Kier molecular flexibility index (Phi) is 5.72. The van der Waals surface area contributed by atoms with E-state index in [2.05, 4.69) is 18.3 Å². The second-order valence-electron chi connectivity index (χ2n) is 6.73. The lowest BCUT2D eigenvalue weighted by Gasteiger charge is -2.09. The molecule has 0 unspecified atom stereocenters. The normalized spacial score (nSPS) is 10.9. The van der Waals surface area contributed by atoms with Crippen molar-refractivity contribution < 1.29 is 13.9 Å². The van der Waals surface area contributed by atoms with Gasteiger partial charge in [-0.1, -0.05) is 31.2 Å². The van der Waals surface area contributed by atoms with Crippen LogP contribution < -0.4 is 5.32 Å². The molecule has 0 saturated heterocycles. The molecule has 2 aromatic carbocycles. The van der Waals surface area contributed by atoms with E-state index in [1.54, 1.807) is 35.6 Å². The molecule has 0 radical (unpaired) electrons. The van der Waals surface area contributed by atoms with E-state index < -0.39 is 0 Å². The summed E-state index contributed by atoms with van der Waals surface area (Å²) in [5.74, 6) is 0.661. The molecule has 1 N–H and O–H groups in total. The molecule has 4 aromatic rings. The average molecular weight is 421 g/mol. The third kappa shape index (κ3) is 4.16. The van der Waals surface area contributed by atoms with Gasteiger partial charge >= 0.3 is 5.97 Å². The van der Waals surface area contributed by atoms with Crippen molar-refractivity contribution in [3.05, 3.63) is 76.4 Å². The number of rotatable bonds is 6. The lowest BCUT2D eigenvalue weighted by atomic mass is 10.1. The average Bonchev–Trinajstić information content (AvgIpc) is 3.21. The van der Waals surface area contributed by atoms with Crippen molar-refractivity contribution in [2.24, 2.45) is 0 Å². The van der Waals surface area contributed by atoms with E-state index in [1.165, 1.54) is 24.1 Å². The smallest absolute Gasteiger partial charge is 0.337 e. The van der Waals surface area contributed by atoms with Crippen LogP contribution in [0.15, 0.2) is 54.6 Å². The molecule has 0 aliphatic carbocycles. The maximum absolute atomic E-state index is 13.2. The molecule has 0 spiro atoms. The van der Waals surface area contributed by atoms with Crippen LogP contribution >= 0.6 is 11.3 Å². The summed E-state index contributed by atoms with van der Waals surface area (Å²) in [6, 6.07) is 15.5. The Morgan fingerprint density at radius 3 is 2.50 bits per heavy atom. The quantitative estimate of drug-likeness (QED) is 0.419. The minimum absolute atomic E-state index is 0.258. The standard InChI is InChI=1S/C23H20FN3O2S/c1-3-18-12-19-21(25-13-14-4-10-17(24)11-5-14)26-20(27-22(19)30-18)15-6-8-16(9-7-15)23(28)29-2/h4-12H,3,13H2,1-2H3,(H,25,26,27). The number of thiophene rings is 1. The molecule has 4 rings (SSSR count). The molecule has 2 heterocycles. The summed E-state index contributed by atoms with van der Waals surface area (Å²) in [5, 5.41) is 4.34. The molecule has 0 bridgehead atoms. The molecule has 152 valence electrons. The number of halogens is 1. The highest BCUT2D eigenvalue weighted by molar-refractivity contribution is 7.18. The number of anilines is 1. The molecule has 0 saturated carbocycles. The topological polar surface area (TPSA) is 64.1 Å². The second kappa shape index (κ2) is 8.59. The number of aromatic nitrogens is 2. The summed E-state index contributed by atoms with van der Waals surface area (Å²) in [6.45, 7) is 2.63. The number of aryl methyl sites for hydroxylation is 1. The summed E-state index contributed by atoms with van der Waals surface area (Å²) in [4.78, 5) is 23.3. The minimum Gasteiger partial charge on any atom is -0.465 e. The van der Waals surface area contributed by atoms with Crippen LogP contribution in [0.4, 0.5) is 10.2 Å². The van der Waals surface area contributed by atoms with Crippen LogP contribution in [0, 0.1) is 5.82 Å². The first-order valence-electron chi connectivity index (χ1n) is 9.55. The van der Waals surface area contributed by atoms with Crippen molar-refractivity contribution in [3.8, 4) is 11.4 Å². The number of hydrogen-bond acceptors (Lipinski definition) is 6. The van der Waals surface area contributed by atoms with Crippen molar-refractivity contribution in [2.45, 2.75) is 19.9 Å². The zero-order valence-corrected chi connectivity index (χ0v) is 17.4. The van der Waals surface area contributed by atoms with E-state index in [9.17, 15) is 9.18 Å². The zero-order valence-electron chi connectivity index (χ0n) is 16.6. The maximum atomic E-state index is 13.2. The van der Waals surface area contributed by atoms with Crippen molar-refractivity contribution in [1.82, 2.24) is 9.97 Å². The fraction of sp³-hybridized carbons (Fsp3) is 0.174. The van der Waals surface area contributed by atoms with Crippen molar-refractivity contribution in [2.75, 3.05) is 12.4 Å². The van der Waals surface area contributed by atoms with Gasteiger partial charge in [0, 0.05) is 17.0 Å². The van der Waals surface area contributed by atoms with E-state index in [1.807, 2.05) is 12.1 Å². The van der Waals surface area contributed by atoms with Crippen LogP contribution in [0.1, 0.15) is 27.7 Å². The number of nitrogens with zero attached hydrogens (tertiary/aromatic N) is 2. The summed E-state index contributed by atoms with van der Waals surface area (Å²) >= 11 is 1.64. The van der Waals surface area contributed by atoms with E-state index in [-0.39, 0.29) is 11.8 Å². The Labute approximate surface area is 177 Å². The van der Waals surface area contributed by atoms with Crippen LogP contribution in [0.2, 0.25) is 0 Å². The highest BCUT2D eigenvalue weighted by atomic mass is 32.1. The van der Waals surface area contributed by atoms with E-state index >= 15 is 0 Å². The summed E-state index contributed by atoms with van der Waals surface area (Å²) < 4.78 is 17.9. The number of carbonyl (C=O) groups is 1. The van der Waals surface area contributed by atoms with Crippen molar-refractivity contribution >= 4 is 33.3 Å². The maximum Gasteiger partial charge on any atom is 0.337 e. The third-order valence-corrected chi connectivity index (χ3v) is 5.90. The molecule has 0 atom stereocenters. The fourth-order valence-corrected chi connectivity index (χ4v) is 4.04. The molecular weight excluding hydrogens is 401 g/mol. The first-order chi connectivity index (χ1) is 14.6. The number of carbonyl (C=O) groups excluding carboxylic acids is 1. The number of nitrogens with one attached hydrogen (secondary N) is 1. The van der Waals surface area contributed by atoms with E-state index in [0.29, 0.717) is 17.9 Å². The monoisotopic (exact) mass is 421 g/mol. The van der Waals surface area contributed by atoms with E-state index in [0.717, 1.165) is 33.6 Å². The Hall–Kier alpha value is -3.32. The van der Waals surface area contributed by atoms with Crippen molar-refractivity contribution in [3.63, 3.8) is 0 Å². The first-order valence-corrected chi connectivity index (χ1v) is 10.4. The Balaban J connectivity index is 1.70. The van der Waals surface area contributed by atoms with Gasteiger partial charge in [0.05, 0.1) is 18.1 Å². The summed E-state index contributed by atoms with van der Waals surface area (Å²) in [7, 11) is 1.36. The van der Waals surface area contributed by atoms with Gasteiger partial charge in [-0.25, -0.2) is 19.2 Å². The number of benzene rings is 2. The molecular formula is C23H20FN3O2S. The molecule has 0 fully saturated rings. The van der Waals surface area contributed by atoms with Gasteiger partial charge < -0.3 is 10.1 Å². The van der Waals surface area contributed by atoms with Crippen LogP contribution in [0.25, 0.3) is 21.6 Å². The van der Waals surface area contributed by atoms with Gasteiger partial charge in [0.15, 0.2) is 5.82 Å². The number of hydrogen-bond donors (Lipinski definition) is 1. The van der Waals surface area contributed by atoms with Crippen LogP contribution in [-0.4, -0.2) is 23.0 Å². The third-order valence-electron chi connectivity index (χ3n) is 4.73. The number of fused-ring (bicyclic) bond motifs is 1. The van der Waals surface area contributed by atoms with Gasteiger partial charge in [0.2, 0.25) is 0 Å². The highest BCUT2D eigenvalue weighted by Gasteiger charge is 2.14. The Morgan fingerprint density at radius 1 is 1.10 bits per heavy atom. The minimum atomic E-state index is -0.384. The molecule has 0 aliphatic rings. The second-order valence-corrected chi connectivity index (χ2v) is 7.85. The summed E-state index contributed by atoms with van der Waals surface area (Å²) in [6.07, 6.45) is 0.918.